The van der Waals surface area contributed by atoms with Crippen molar-refractivity contribution >= 4 is 23.5 Å². The van der Waals surface area contributed by atoms with Gasteiger partial charge in [-0.05, 0) is 44.2 Å². The number of hydrogen-bond acceptors (Lipinski definition) is 6. The molecule has 7 heteroatoms. The van der Waals surface area contributed by atoms with E-state index in [0.717, 1.165) is 5.56 Å². The lowest BCUT2D eigenvalue weighted by Crippen LogP contribution is -2.21. The molecule has 0 radical (unpaired) electrons. The van der Waals surface area contributed by atoms with Gasteiger partial charge in [0, 0.05) is 11.3 Å². The summed E-state index contributed by atoms with van der Waals surface area (Å²) in [5.41, 5.74) is 2.56. The van der Waals surface area contributed by atoms with E-state index in [4.69, 9.17) is 14.2 Å². The lowest BCUT2D eigenvalue weighted by Gasteiger charge is -2.10. The van der Waals surface area contributed by atoms with E-state index in [9.17, 15) is 14.4 Å². The number of anilines is 1. The molecule has 0 saturated heterocycles. The second-order valence-corrected chi connectivity index (χ2v) is 6.00. The van der Waals surface area contributed by atoms with Crippen molar-refractivity contribution in [3.63, 3.8) is 0 Å². The summed E-state index contributed by atoms with van der Waals surface area (Å²) in [6, 6.07) is 11.7. The van der Waals surface area contributed by atoms with Crippen LogP contribution in [0.1, 0.15) is 28.4 Å². The van der Waals surface area contributed by atoms with E-state index in [0.29, 0.717) is 22.6 Å². The topological polar surface area (TPSA) is 90.9 Å². The molecule has 0 aliphatic carbocycles. The highest BCUT2D eigenvalue weighted by Crippen LogP contribution is 2.20. The standard InChI is InChI=1S/C21H23NO6/c1-4-27-21(25)15-6-8-17(9-7-15)22-19(23)13-28-20(24)12-16-11-14(2)5-10-18(16)26-3/h5-11H,4,12-13H2,1-3H3,(H,22,23). The third kappa shape index (κ3) is 6.12. The zero-order valence-corrected chi connectivity index (χ0v) is 16.1. The summed E-state index contributed by atoms with van der Waals surface area (Å²) >= 11 is 0. The molecule has 0 heterocycles. The van der Waals surface area contributed by atoms with Crippen molar-refractivity contribution in [2.75, 3.05) is 25.6 Å². The first-order valence-corrected chi connectivity index (χ1v) is 8.79. The van der Waals surface area contributed by atoms with E-state index in [2.05, 4.69) is 5.32 Å². The van der Waals surface area contributed by atoms with Gasteiger partial charge < -0.3 is 19.5 Å². The van der Waals surface area contributed by atoms with Gasteiger partial charge in [0.25, 0.3) is 5.91 Å². The Morgan fingerprint density at radius 2 is 1.71 bits per heavy atom. The molecule has 7 nitrogen and oxygen atoms in total. The van der Waals surface area contributed by atoms with Gasteiger partial charge in [-0.1, -0.05) is 17.7 Å². The summed E-state index contributed by atoms with van der Waals surface area (Å²) in [5, 5.41) is 2.60. The van der Waals surface area contributed by atoms with E-state index in [1.807, 2.05) is 19.1 Å². The third-order valence-corrected chi connectivity index (χ3v) is 3.81. The number of carbonyl (C=O) groups excluding carboxylic acids is 3. The summed E-state index contributed by atoms with van der Waals surface area (Å²) in [7, 11) is 1.53. The van der Waals surface area contributed by atoms with Crippen LogP contribution < -0.4 is 10.1 Å². The summed E-state index contributed by atoms with van der Waals surface area (Å²) in [6.07, 6.45) is 0.00632. The second-order valence-electron chi connectivity index (χ2n) is 6.00. The molecule has 2 aromatic carbocycles. The quantitative estimate of drug-likeness (QED) is 0.703. The first-order valence-electron chi connectivity index (χ1n) is 8.79. The number of aryl methyl sites for hydroxylation is 1. The number of amides is 1. The van der Waals surface area contributed by atoms with Crippen molar-refractivity contribution in [3.8, 4) is 5.75 Å². The Hall–Kier alpha value is -3.35. The molecule has 28 heavy (non-hydrogen) atoms. The van der Waals surface area contributed by atoms with Crippen molar-refractivity contribution in [2.45, 2.75) is 20.3 Å². The Bertz CT molecular complexity index is 844. The van der Waals surface area contributed by atoms with Crippen LogP contribution in [0.15, 0.2) is 42.5 Å². The van der Waals surface area contributed by atoms with Gasteiger partial charge in [0.1, 0.15) is 5.75 Å². The summed E-state index contributed by atoms with van der Waals surface area (Å²) in [6.45, 7) is 3.52. The molecule has 0 aliphatic heterocycles. The minimum atomic E-state index is -0.531. The van der Waals surface area contributed by atoms with E-state index in [1.54, 1.807) is 37.3 Å². The van der Waals surface area contributed by atoms with Crippen LogP contribution in [0.3, 0.4) is 0 Å². The predicted molar refractivity (Wildman–Crippen MR) is 103 cm³/mol. The van der Waals surface area contributed by atoms with Gasteiger partial charge in [0.15, 0.2) is 6.61 Å². The van der Waals surface area contributed by atoms with Crippen LogP contribution in [0, 0.1) is 6.92 Å². The van der Waals surface area contributed by atoms with Crippen LogP contribution in [-0.2, 0) is 25.5 Å². The van der Waals surface area contributed by atoms with Crippen LogP contribution in [0.5, 0.6) is 5.75 Å². The Kier molecular flexibility index (Phi) is 7.56. The van der Waals surface area contributed by atoms with Gasteiger partial charge in [-0.15, -0.1) is 0 Å². The molecular weight excluding hydrogens is 362 g/mol. The molecule has 1 N–H and O–H groups in total. The predicted octanol–water partition coefficient (Wildman–Crippen LogP) is 2.90. The Morgan fingerprint density at radius 1 is 1.00 bits per heavy atom. The van der Waals surface area contributed by atoms with E-state index >= 15 is 0 Å². The fourth-order valence-electron chi connectivity index (χ4n) is 2.50. The monoisotopic (exact) mass is 385 g/mol. The van der Waals surface area contributed by atoms with Crippen LogP contribution in [0.4, 0.5) is 5.69 Å². The van der Waals surface area contributed by atoms with Gasteiger partial charge in [-0.3, -0.25) is 9.59 Å². The second kappa shape index (κ2) is 10.1. The number of hydrogen-bond donors (Lipinski definition) is 1. The molecule has 0 fully saturated rings. The lowest BCUT2D eigenvalue weighted by atomic mass is 10.1. The molecular formula is C21H23NO6. The van der Waals surface area contributed by atoms with E-state index < -0.39 is 24.5 Å². The fraction of sp³-hybridized carbons (Fsp3) is 0.286. The number of esters is 2. The summed E-state index contributed by atoms with van der Waals surface area (Å²) in [4.78, 5) is 35.6. The highest BCUT2D eigenvalue weighted by Gasteiger charge is 2.13. The summed E-state index contributed by atoms with van der Waals surface area (Å²) < 4.78 is 15.2. The van der Waals surface area contributed by atoms with Gasteiger partial charge in [0.2, 0.25) is 0 Å². The zero-order chi connectivity index (χ0) is 20.5. The average Bonchev–Trinajstić information content (AvgIpc) is 2.67. The molecule has 0 spiro atoms. The normalized spacial score (nSPS) is 10.1. The fourth-order valence-corrected chi connectivity index (χ4v) is 2.50. The summed E-state index contributed by atoms with van der Waals surface area (Å²) in [5.74, 6) is -0.847. The zero-order valence-electron chi connectivity index (χ0n) is 16.1. The molecule has 0 aromatic heterocycles. The van der Waals surface area contributed by atoms with Crippen LogP contribution >= 0.6 is 0 Å². The van der Waals surface area contributed by atoms with Gasteiger partial charge in [0.05, 0.1) is 25.7 Å². The minimum Gasteiger partial charge on any atom is -0.496 e. The molecule has 2 aromatic rings. The van der Waals surface area contributed by atoms with Crippen LogP contribution in [-0.4, -0.2) is 38.2 Å². The third-order valence-electron chi connectivity index (χ3n) is 3.81. The van der Waals surface area contributed by atoms with Crippen molar-refractivity contribution in [1.29, 1.82) is 0 Å². The molecule has 0 saturated carbocycles. The smallest absolute Gasteiger partial charge is 0.338 e. The SMILES string of the molecule is CCOC(=O)c1ccc(NC(=O)COC(=O)Cc2cc(C)ccc2OC)cc1. The van der Waals surface area contributed by atoms with Crippen molar-refractivity contribution in [3.05, 3.63) is 59.2 Å². The minimum absolute atomic E-state index is 0.00632. The Morgan fingerprint density at radius 3 is 2.36 bits per heavy atom. The number of ether oxygens (including phenoxy) is 3. The number of benzene rings is 2. The molecule has 0 unspecified atom stereocenters. The van der Waals surface area contributed by atoms with Crippen LogP contribution in [0.25, 0.3) is 0 Å². The Balaban J connectivity index is 1.84. The Labute approximate surface area is 163 Å². The number of rotatable bonds is 8. The van der Waals surface area contributed by atoms with Crippen molar-refractivity contribution in [2.24, 2.45) is 0 Å². The maximum absolute atomic E-state index is 12.0. The molecule has 0 atom stereocenters. The van der Waals surface area contributed by atoms with Gasteiger partial charge in [-0.25, -0.2) is 4.79 Å². The van der Waals surface area contributed by atoms with Crippen LogP contribution in [0.2, 0.25) is 0 Å². The highest BCUT2D eigenvalue weighted by molar-refractivity contribution is 5.94. The number of carbonyl (C=O) groups is 3. The van der Waals surface area contributed by atoms with Crippen molar-refractivity contribution in [1.82, 2.24) is 0 Å². The lowest BCUT2D eigenvalue weighted by molar-refractivity contribution is -0.146. The van der Waals surface area contributed by atoms with Gasteiger partial charge >= 0.3 is 11.9 Å². The molecule has 2 rings (SSSR count). The number of nitrogens with one attached hydrogen (secondary N) is 1. The highest BCUT2D eigenvalue weighted by atomic mass is 16.5. The molecule has 148 valence electrons. The first kappa shape index (κ1) is 21.0. The number of methoxy groups -OCH3 is 1. The average molecular weight is 385 g/mol. The van der Waals surface area contributed by atoms with Crippen molar-refractivity contribution < 1.29 is 28.6 Å². The molecule has 0 bridgehead atoms. The van der Waals surface area contributed by atoms with Gasteiger partial charge in [-0.2, -0.15) is 0 Å². The van der Waals surface area contributed by atoms with E-state index in [-0.39, 0.29) is 13.0 Å². The molecule has 0 aliphatic rings. The van der Waals surface area contributed by atoms with E-state index in [1.165, 1.54) is 7.11 Å². The largest absolute Gasteiger partial charge is 0.496 e. The maximum atomic E-state index is 12.0. The molecule has 1 amide bonds. The maximum Gasteiger partial charge on any atom is 0.338 e. The first-order chi connectivity index (χ1) is 13.4.